The lowest BCUT2D eigenvalue weighted by molar-refractivity contribution is 0.683. The van der Waals surface area contributed by atoms with Gasteiger partial charge in [-0.15, -0.1) is 17.9 Å². The topological polar surface area (TPSA) is 26.0 Å². The molecule has 0 amide bonds. The van der Waals surface area contributed by atoms with Crippen molar-refractivity contribution in [3.8, 4) is 0 Å². The minimum atomic E-state index is 0.195. The maximum Gasteiger partial charge on any atom is 0.0345 e. The van der Waals surface area contributed by atoms with Crippen molar-refractivity contribution >= 4 is 21.4 Å². The van der Waals surface area contributed by atoms with Crippen LogP contribution in [0.1, 0.15) is 12.0 Å². The van der Waals surface area contributed by atoms with Crippen LogP contribution in [-0.2, 0) is 6.42 Å². The molecule has 1 nitrogen and oxygen atoms in total. The Morgan fingerprint density at radius 3 is 3.00 bits per heavy atom. The van der Waals surface area contributed by atoms with Gasteiger partial charge in [0.15, 0.2) is 0 Å². The van der Waals surface area contributed by atoms with E-state index in [0.717, 1.165) is 12.8 Å². The first kappa shape index (κ1) is 10.4. The second-order valence-corrected chi connectivity index (χ2v) is 4.66. The fraction of sp³-hybridized carbons (Fsp3) is 0.231. The van der Waals surface area contributed by atoms with E-state index in [0.29, 0.717) is 0 Å². The average molecular weight is 217 g/mol. The van der Waals surface area contributed by atoms with E-state index in [1.54, 1.807) is 11.3 Å². The van der Waals surface area contributed by atoms with Crippen LogP contribution in [0.2, 0.25) is 0 Å². The van der Waals surface area contributed by atoms with Gasteiger partial charge in [0.2, 0.25) is 0 Å². The van der Waals surface area contributed by atoms with E-state index < -0.39 is 0 Å². The van der Waals surface area contributed by atoms with Crippen molar-refractivity contribution in [1.82, 2.24) is 0 Å². The Hall–Kier alpha value is -1.12. The predicted molar refractivity (Wildman–Crippen MR) is 68.3 cm³/mol. The van der Waals surface area contributed by atoms with Gasteiger partial charge in [0.25, 0.3) is 0 Å². The summed E-state index contributed by atoms with van der Waals surface area (Å²) in [4.78, 5) is 0. The highest BCUT2D eigenvalue weighted by Crippen LogP contribution is 2.26. The second-order valence-electron chi connectivity index (χ2n) is 3.75. The molecule has 15 heavy (non-hydrogen) atoms. The first-order chi connectivity index (χ1) is 7.31. The largest absolute Gasteiger partial charge is 0.327 e. The molecule has 0 radical (unpaired) electrons. The highest BCUT2D eigenvalue weighted by atomic mass is 32.1. The monoisotopic (exact) mass is 217 g/mol. The summed E-state index contributed by atoms with van der Waals surface area (Å²) < 4.78 is 1.35. The third-order valence-electron chi connectivity index (χ3n) is 2.51. The Morgan fingerprint density at radius 2 is 2.20 bits per heavy atom. The fourth-order valence-electron chi connectivity index (χ4n) is 1.77. The Bertz CT molecular complexity index is 458. The Morgan fingerprint density at radius 1 is 1.40 bits per heavy atom. The van der Waals surface area contributed by atoms with Crippen molar-refractivity contribution < 1.29 is 0 Å². The SMILES string of the molecule is C=CCC(N)Cc1csc2ccccc12. The summed E-state index contributed by atoms with van der Waals surface area (Å²) in [6, 6.07) is 8.68. The number of thiophene rings is 1. The molecule has 78 valence electrons. The van der Waals surface area contributed by atoms with Crippen LogP contribution in [0.3, 0.4) is 0 Å². The molecule has 0 saturated heterocycles. The molecular weight excluding hydrogens is 202 g/mol. The smallest absolute Gasteiger partial charge is 0.0345 e. The van der Waals surface area contributed by atoms with Crippen molar-refractivity contribution in [3.05, 3.63) is 47.9 Å². The van der Waals surface area contributed by atoms with Crippen molar-refractivity contribution in [1.29, 1.82) is 0 Å². The zero-order valence-electron chi connectivity index (χ0n) is 8.65. The molecule has 0 aliphatic rings. The first-order valence-electron chi connectivity index (χ1n) is 5.13. The summed E-state index contributed by atoms with van der Waals surface area (Å²) in [6.45, 7) is 3.71. The summed E-state index contributed by atoms with van der Waals surface area (Å²) in [5.74, 6) is 0. The molecule has 0 aliphatic carbocycles. The second kappa shape index (κ2) is 4.60. The molecule has 2 N–H and O–H groups in total. The fourth-order valence-corrected chi connectivity index (χ4v) is 2.75. The van der Waals surface area contributed by atoms with E-state index in [-0.39, 0.29) is 6.04 Å². The Kier molecular flexibility index (Phi) is 3.19. The minimum Gasteiger partial charge on any atom is -0.327 e. The number of fused-ring (bicyclic) bond motifs is 1. The normalized spacial score (nSPS) is 12.9. The molecule has 0 saturated carbocycles. The molecule has 0 fully saturated rings. The van der Waals surface area contributed by atoms with Crippen LogP contribution >= 0.6 is 11.3 Å². The predicted octanol–water partition coefficient (Wildman–Crippen LogP) is 3.35. The molecule has 1 aromatic heterocycles. The maximum absolute atomic E-state index is 6.00. The van der Waals surface area contributed by atoms with Crippen LogP contribution < -0.4 is 5.73 Å². The molecule has 2 rings (SSSR count). The highest BCUT2D eigenvalue weighted by molar-refractivity contribution is 7.17. The van der Waals surface area contributed by atoms with Gasteiger partial charge in [0, 0.05) is 10.7 Å². The van der Waals surface area contributed by atoms with E-state index >= 15 is 0 Å². The summed E-state index contributed by atoms with van der Waals surface area (Å²) in [7, 11) is 0. The molecule has 1 atom stereocenters. The van der Waals surface area contributed by atoms with E-state index in [4.69, 9.17) is 5.73 Å². The van der Waals surface area contributed by atoms with E-state index in [1.165, 1.54) is 15.6 Å². The molecule has 0 aliphatic heterocycles. The van der Waals surface area contributed by atoms with Gasteiger partial charge in [-0.3, -0.25) is 0 Å². The van der Waals surface area contributed by atoms with Crippen LogP contribution in [0, 0.1) is 0 Å². The minimum absolute atomic E-state index is 0.195. The third kappa shape index (κ3) is 2.28. The van der Waals surface area contributed by atoms with Gasteiger partial charge in [-0.2, -0.15) is 0 Å². The molecule has 2 heteroatoms. The molecule has 2 aromatic rings. The quantitative estimate of drug-likeness (QED) is 0.781. The lowest BCUT2D eigenvalue weighted by atomic mass is 10.0. The molecule has 0 spiro atoms. The van der Waals surface area contributed by atoms with Gasteiger partial charge in [-0.25, -0.2) is 0 Å². The average Bonchev–Trinajstić information content (AvgIpc) is 2.62. The summed E-state index contributed by atoms with van der Waals surface area (Å²) >= 11 is 1.79. The summed E-state index contributed by atoms with van der Waals surface area (Å²) in [6.07, 6.45) is 3.71. The van der Waals surface area contributed by atoms with Crippen LogP contribution in [0.25, 0.3) is 10.1 Å². The van der Waals surface area contributed by atoms with Gasteiger partial charge >= 0.3 is 0 Å². The van der Waals surface area contributed by atoms with Crippen LogP contribution in [-0.4, -0.2) is 6.04 Å². The highest BCUT2D eigenvalue weighted by Gasteiger charge is 2.07. The Labute approximate surface area is 94.2 Å². The lowest BCUT2D eigenvalue weighted by Crippen LogP contribution is -2.21. The van der Waals surface area contributed by atoms with Crippen LogP contribution in [0.15, 0.2) is 42.3 Å². The molecule has 1 aromatic carbocycles. The summed E-state index contributed by atoms with van der Waals surface area (Å²) in [5.41, 5.74) is 7.37. The zero-order valence-corrected chi connectivity index (χ0v) is 9.46. The first-order valence-corrected chi connectivity index (χ1v) is 6.01. The van der Waals surface area contributed by atoms with Crippen LogP contribution in [0.4, 0.5) is 0 Å². The molecule has 0 bridgehead atoms. The van der Waals surface area contributed by atoms with E-state index in [1.807, 2.05) is 6.08 Å². The number of hydrogen-bond acceptors (Lipinski definition) is 2. The summed E-state index contributed by atoms with van der Waals surface area (Å²) in [5, 5.41) is 3.56. The van der Waals surface area contributed by atoms with Gasteiger partial charge in [-0.05, 0) is 35.2 Å². The number of benzene rings is 1. The van der Waals surface area contributed by atoms with E-state index in [9.17, 15) is 0 Å². The van der Waals surface area contributed by atoms with Crippen LogP contribution in [0.5, 0.6) is 0 Å². The van der Waals surface area contributed by atoms with Gasteiger partial charge in [0.1, 0.15) is 0 Å². The van der Waals surface area contributed by atoms with Crippen molar-refractivity contribution in [2.45, 2.75) is 18.9 Å². The number of hydrogen-bond donors (Lipinski definition) is 1. The van der Waals surface area contributed by atoms with Crippen molar-refractivity contribution in [2.75, 3.05) is 0 Å². The van der Waals surface area contributed by atoms with E-state index in [2.05, 4.69) is 36.2 Å². The van der Waals surface area contributed by atoms with Gasteiger partial charge in [-0.1, -0.05) is 24.3 Å². The molecule has 1 heterocycles. The van der Waals surface area contributed by atoms with Crippen molar-refractivity contribution in [2.24, 2.45) is 5.73 Å². The third-order valence-corrected chi connectivity index (χ3v) is 3.52. The standard InChI is InChI=1S/C13H15NS/c1-2-5-11(14)8-10-9-15-13-7-4-3-6-12(10)13/h2-4,6-7,9,11H,1,5,8,14H2. The molecular formula is C13H15NS. The number of rotatable bonds is 4. The zero-order chi connectivity index (χ0) is 10.7. The Balaban J connectivity index is 2.24. The van der Waals surface area contributed by atoms with Gasteiger partial charge in [0.05, 0.1) is 0 Å². The molecule has 1 unspecified atom stereocenters. The maximum atomic E-state index is 6.00. The number of nitrogens with two attached hydrogens (primary N) is 1. The van der Waals surface area contributed by atoms with Crippen molar-refractivity contribution in [3.63, 3.8) is 0 Å². The van der Waals surface area contributed by atoms with Gasteiger partial charge < -0.3 is 5.73 Å². The lowest BCUT2D eigenvalue weighted by Gasteiger charge is -2.07.